The minimum absolute atomic E-state index is 3.14. The number of nitrogens with two attached hydrogens (primary N) is 1. The molecule has 0 radical (unpaired) electrons. The van der Waals surface area contributed by atoms with Crippen LogP contribution in [0.25, 0.3) is 0 Å². The molecule has 0 aliphatic carbocycles. The number of hydrogen-bond acceptors (Lipinski definition) is 1. The summed E-state index contributed by atoms with van der Waals surface area (Å²) in [5, 5.41) is 0. The van der Waals surface area contributed by atoms with E-state index in [1.807, 2.05) is 0 Å². The highest BCUT2D eigenvalue weighted by atomic mass is 14.5. The molecule has 0 aromatic heterocycles. The highest BCUT2D eigenvalue weighted by molar-refractivity contribution is 4.38. The molecular weight excluding hydrogens is 62.1 g/mol. The number of hydrogen-bond donors (Lipinski definition) is 1. The molecule has 0 saturated carbocycles. The fourth-order valence-corrected chi connectivity index (χ4v) is 0. The van der Waals surface area contributed by atoms with Crippen molar-refractivity contribution in [2.45, 2.75) is 13.7 Å². The van der Waals surface area contributed by atoms with Gasteiger partial charge in [-0.15, -0.1) is 0 Å². The van der Waals surface area contributed by atoms with Crippen LogP contribution in [0.5, 0.6) is 0 Å². The SMILES string of the molecule is [2H]C([2H])([2H])C([2H])(C([2H])([2H])[2H])C([2H])([2H])N. The second-order valence-electron chi connectivity index (χ2n) is 0.519. The molecule has 1 heteroatoms. The van der Waals surface area contributed by atoms with E-state index in [1.165, 1.54) is 0 Å². The van der Waals surface area contributed by atoms with Crippen LogP contribution in [-0.4, -0.2) is 6.50 Å². The van der Waals surface area contributed by atoms with Crippen molar-refractivity contribution in [2.24, 2.45) is 11.6 Å². The molecule has 2 N–H and O–H groups in total. The van der Waals surface area contributed by atoms with Crippen molar-refractivity contribution >= 4 is 0 Å². The summed E-state index contributed by atoms with van der Waals surface area (Å²) >= 11 is 0. The van der Waals surface area contributed by atoms with Crippen molar-refractivity contribution in [2.75, 3.05) is 6.50 Å². The maximum absolute atomic E-state index is 7.25. The highest BCUT2D eigenvalue weighted by Gasteiger charge is 1.80. The van der Waals surface area contributed by atoms with Gasteiger partial charge in [-0.3, -0.25) is 0 Å². The minimum atomic E-state index is -3.33. The van der Waals surface area contributed by atoms with Crippen LogP contribution in [0.4, 0.5) is 0 Å². The van der Waals surface area contributed by atoms with E-state index in [2.05, 4.69) is 0 Å². The molecule has 0 bridgehead atoms. The first-order valence-corrected chi connectivity index (χ1v) is 1.04. The zero-order chi connectivity index (χ0) is 12.0. The quantitative estimate of drug-likeness (QED) is 0.492. The van der Waals surface area contributed by atoms with Gasteiger partial charge in [0.25, 0.3) is 0 Å². The van der Waals surface area contributed by atoms with Gasteiger partial charge in [-0.2, -0.15) is 0 Å². The Morgan fingerprint density at radius 1 is 2.40 bits per heavy atom. The third kappa shape index (κ3) is 3.96. The lowest BCUT2D eigenvalue weighted by Gasteiger charge is -1.91. The fraction of sp³-hybridized carbons (Fsp3) is 1.00. The Morgan fingerprint density at radius 2 is 3.00 bits per heavy atom. The van der Waals surface area contributed by atoms with Crippen LogP contribution in [0.3, 0.4) is 0 Å². The summed E-state index contributed by atoms with van der Waals surface area (Å²) < 4.78 is 62.3. The third-order valence-corrected chi connectivity index (χ3v) is 0.144. The molecule has 0 spiro atoms. The molecule has 0 atom stereocenters. The Labute approximate surface area is 45.8 Å². The Kier molecular flexibility index (Phi) is 0.205. The van der Waals surface area contributed by atoms with Gasteiger partial charge in [-0.25, -0.2) is 0 Å². The molecule has 0 aromatic rings. The van der Waals surface area contributed by atoms with Gasteiger partial charge in [0, 0.05) is 12.3 Å². The average Bonchev–Trinajstić information content (AvgIpc) is 1.77. The van der Waals surface area contributed by atoms with E-state index in [0.717, 1.165) is 0 Å². The van der Waals surface area contributed by atoms with Crippen LogP contribution < -0.4 is 5.73 Å². The lowest BCUT2D eigenvalue weighted by Crippen LogP contribution is -2.05. The Morgan fingerprint density at radius 3 is 3.00 bits per heavy atom. The van der Waals surface area contributed by atoms with E-state index in [4.69, 9.17) is 18.1 Å². The van der Waals surface area contributed by atoms with E-state index in [9.17, 15) is 0 Å². The second kappa shape index (κ2) is 2.21. The predicted molar refractivity (Wildman–Crippen MR) is 23.9 cm³/mol. The van der Waals surface area contributed by atoms with Gasteiger partial charge in [0.15, 0.2) is 0 Å². The van der Waals surface area contributed by atoms with Crippen LogP contribution in [0.15, 0.2) is 0 Å². The van der Waals surface area contributed by atoms with E-state index < -0.39 is 26.1 Å². The van der Waals surface area contributed by atoms with E-state index in [-0.39, 0.29) is 0 Å². The molecule has 5 heavy (non-hydrogen) atoms. The van der Waals surface area contributed by atoms with Crippen molar-refractivity contribution < 1.29 is 12.3 Å². The standard InChI is InChI=1S/C4H11N/c1-4(2)3-5/h4H,3,5H2,1-2H3/i1D3,2D3,3D2,4D. The third-order valence-electron chi connectivity index (χ3n) is 0.144. The molecule has 0 aliphatic heterocycles. The van der Waals surface area contributed by atoms with Gasteiger partial charge in [0.1, 0.15) is 0 Å². The average molecular weight is 82.2 g/mol. The van der Waals surface area contributed by atoms with E-state index in [0.29, 0.717) is 0 Å². The molecule has 0 heterocycles. The van der Waals surface area contributed by atoms with Gasteiger partial charge in [0.05, 0.1) is 0 Å². The van der Waals surface area contributed by atoms with E-state index in [1.54, 1.807) is 0 Å². The summed E-state index contributed by atoms with van der Waals surface area (Å²) in [7, 11) is 0. The van der Waals surface area contributed by atoms with Crippen molar-refractivity contribution in [1.29, 1.82) is 0 Å². The first kappa shape index (κ1) is 0.463. The van der Waals surface area contributed by atoms with Gasteiger partial charge in [-0.1, -0.05) is 13.7 Å². The molecule has 0 aromatic carbocycles. The molecule has 32 valence electrons. The lowest BCUT2D eigenvalue weighted by atomic mass is 10.2. The molecule has 0 saturated heterocycles. The van der Waals surface area contributed by atoms with Gasteiger partial charge in [-0.05, 0) is 12.4 Å². The summed E-state index contributed by atoms with van der Waals surface area (Å²) in [6.45, 7) is -9.78. The molecule has 0 amide bonds. The lowest BCUT2D eigenvalue weighted by molar-refractivity contribution is 0.664. The molecule has 1 nitrogen and oxygen atoms in total. The summed E-state index contributed by atoms with van der Waals surface area (Å²) in [4.78, 5) is 0. The van der Waals surface area contributed by atoms with Crippen LogP contribution in [-0.2, 0) is 0 Å². The van der Waals surface area contributed by atoms with Gasteiger partial charge in [0.2, 0.25) is 0 Å². The van der Waals surface area contributed by atoms with Crippen LogP contribution in [0.1, 0.15) is 26.0 Å². The molecule has 0 rings (SSSR count). The first-order valence-electron chi connectivity index (χ1n) is 5.54. The number of rotatable bonds is 1. The van der Waals surface area contributed by atoms with Crippen molar-refractivity contribution in [3.8, 4) is 0 Å². The maximum Gasteiger partial charge on any atom is 0.0428 e. The van der Waals surface area contributed by atoms with Crippen LogP contribution in [0.2, 0.25) is 0 Å². The topological polar surface area (TPSA) is 26.0 Å². The van der Waals surface area contributed by atoms with Gasteiger partial charge >= 0.3 is 0 Å². The fourth-order valence-electron chi connectivity index (χ4n) is 0. The van der Waals surface area contributed by atoms with Crippen molar-refractivity contribution in [1.82, 2.24) is 0 Å². The first-order chi connectivity index (χ1) is 5.75. The normalized spacial score (nSPS) is 46.2. The van der Waals surface area contributed by atoms with Crippen LogP contribution in [0, 0.1) is 5.89 Å². The van der Waals surface area contributed by atoms with Crippen molar-refractivity contribution in [3.63, 3.8) is 0 Å². The smallest absolute Gasteiger partial charge is 0.0428 e. The second-order valence-corrected chi connectivity index (χ2v) is 0.519. The zero-order valence-corrected chi connectivity index (χ0v) is 2.58. The monoisotopic (exact) mass is 82.1 g/mol. The van der Waals surface area contributed by atoms with Crippen LogP contribution >= 0.6 is 0 Å². The molecule has 0 unspecified atom stereocenters. The molecule has 0 aliphatic rings. The highest BCUT2D eigenvalue weighted by Crippen LogP contribution is 1.81. The summed E-state index contributed by atoms with van der Waals surface area (Å²) in [5.74, 6) is -3.33. The summed E-state index contributed by atoms with van der Waals surface area (Å²) in [6.07, 6.45) is 0. The largest absolute Gasteiger partial charge is 0.330 e. The van der Waals surface area contributed by atoms with Gasteiger partial charge < -0.3 is 5.73 Å². The minimum Gasteiger partial charge on any atom is -0.330 e. The predicted octanol–water partition coefficient (Wildman–Crippen LogP) is 0.601. The Bertz CT molecular complexity index is 170. The molecular formula is C4H11N. The zero-order valence-electron chi connectivity index (χ0n) is 11.6. The van der Waals surface area contributed by atoms with Crippen molar-refractivity contribution in [3.05, 3.63) is 0 Å². The molecule has 0 fully saturated rings. The summed E-state index contributed by atoms with van der Waals surface area (Å²) in [6, 6.07) is 0. The Hall–Kier alpha value is -0.0400. The maximum atomic E-state index is 7.25. The summed E-state index contributed by atoms with van der Waals surface area (Å²) in [5.41, 5.74) is 4.81. The van der Waals surface area contributed by atoms with E-state index >= 15 is 0 Å². The Balaban J connectivity index is 5.54.